The molecule has 0 saturated heterocycles. The summed E-state index contributed by atoms with van der Waals surface area (Å²) in [6, 6.07) is 6.32. The molecule has 0 heterocycles. The van der Waals surface area contributed by atoms with E-state index in [1.54, 1.807) is 7.11 Å². The van der Waals surface area contributed by atoms with E-state index in [4.69, 9.17) is 10.5 Å². The third-order valence-corrected chi connectivity index (χ3v) is 3.06. The van der Waals surface area contributed by atoms with Gasteiger partial charge in [-0.2, -0.15) is 0 Å². The van der Waals surface area contributed by atoms with Gasteiger partial charge < -0.3 is 10.5 Å². The number of methoxy groups -OCH3 is 1. The van der Waals surface area contributed by atoms with Crippen LogP contribution >= 0.6 is 0 Å². The summed E-state index contributed by atoms with van der Waals surface area (Å²) >= 11 is 0. The third-order valence-electron chi connectivity index (χ3n) is 3.06. The van der Waals surface area contributed by atoms with Gasteiger partial charge in [-0.15, -0.1) is 0 Å². The molecule has 0 bridgehead atoms. The summed E-state index contributed by atoms with van der Waals surface area (Å²) in [5.41, 5.74) is 8.47. The molecule has 0 spiro atoms. The molecule has 1 aromatic carbocycles. The second-order valence-corrected chi connectivity index (χ2v) is 3.85. The average Bonchev–Trinajstić information content (AvgIpc) is 2.62. The van der Waals surface area contributed by atoms with Crippen molar-refractivity contribution in [1.29, 1.82) is 0 Å². The molecule has 1 unspecified atom stereocenters. The van der Waals surface area contributed by atoms with Gasteiger partial charge in [0.2, 0.25) is 0 Å². The summed E-state index contributed by atoms with van der Waals surface area (Å²) in [6.45, 7) is 0.766. The lowest BCUT2D eigenvalue weighted by Gasteiger charge is -2.13. The molecule has 2 nitrogen and oxygen atoms in total. The lowest BCUT2D eigenvalue weighted by molar-refractivity contribution is 0.405. The van der Waals surface area contributed by atoms with E-state index >= 15 is 0 Å². The van der Waals surface area contributed by atoms with Crippen LogP contribution < -0.4 is 10.5 Å². The van der Waals surface area contributed by atoms with Crippen LogP contribution in [0.3, 0.4) is 0 Å². The predicted octanol–water partition coefficient (Wildman–Crippen LogP) is 2.07. The Morgan fingerprint density at radius 1 is 1.50 bits per heavy atom. The molecule has 0 fully saturated rings. The maximum absolute atomic E-state index is 5.62. The first kappa shape index (κ1) is 9.53. The summed E-state index contributed by atoms with van der Waals surface area (Å²) in [5.74, 6) is 1.66. The Morgan fingerprint density at radius 3 is 3.07 bits per heavy atom. The van der Waals surface area contributed by atoms with E-state index in [0.717, 1.165) is 18.7 Å². The highest BCUT2D eigenvalue weighted by atomic mass is 16.5. The van der Waals surface area contributed by atoms with Gasteiger partial charge in [-0.25, -0.2) is 0 Å². The average molecular weight is 191 g/mol. The molecule has 2 N–H and O–H groups in total. The van der Waals surface area contributed by atoms with Crippen LogP contribution in [0.2, 0.25) is 0 Å². The normalized spacial score (nSPS) is 19.4. The molecule has 0 aliphatic heterocycles. The molecule has 1 aliphatic rings. The summed E-state index contributed by atoms with van der Waals surface area (Å²) in [4.78, 5) is 0. The number of nitrogens with two attached hydrogens (primary N) is 1. The number of fused-ring (bicyclic) bond motifs is 1. The molecule has 0 aromatic heterocycles. The number of aryl methyl sites for hydroxylation is 1. The van der Waals surface area contributed by atoms with Crippen LogP contribution in [0.5, 0.6) is 5.75 Å². The lowest BCUT2D eigenvalue weighted by atomic mass is 9.97. The van der Waals surface area contributed by atoms with Crippen molar-refractivity contribution in [2.75, 3.05) is 13.7 Å². The van der Waals surface area contributed by atoms with Crippen LogP contribution in [0, 0.1) is 0 Å². The van der Waals surface area contributed by atoms with Gasteiger partial charge in [-0.1, -0.05) is 12.1 Å². The molecule has 1 aromatic rings. The van der Waals surface area contributed by atoms with Gasteiger partial charge in [0.05, 0.1) is 7.11 Å². The van der Waals surface area contributed by atoms with E-state index in [0.29, 0.717) is 5.92 Å². The molecule has 76 valence electrons. The van der Waals surface area contributed by atoms with Gasteiger partial charge in [0.1, 0.15) is 5.75 Å². The minimum atomic E-state index is 0.617. The van der Waals surface area contributed by atoms with Crippen LogP contribution in [-0.2, 0) is 6.42 Å². The Kier molecular flexibility index (Phi) is 2.73. The summed E-state index contributed by atoms with van der Waals surface area (Å²) < 4.78 is 5.39. The highest BCUT2D eigenvalue weighted by molar-refractivity contribution is 5.45. The number of hydrogen-bond acceptors (Lipinski definition) is 2. The van der Waals surface area contributed by atoms with Crippen molar-refractivity contribution in [3.05, 3.63) is 29.3 Å². The monoisotopic (exact) mass is 191 g/mol. The van der Waals surface area contributed by atoms with E-state index in [1.807, 2.05) is 6.07 Å². The van der Waals surface area contributed by atoms with Gasteiger partial charge >= 0.3 is 0 Å². The summed E-state index contributed by atoms with van der Waals surface area (Å²) in [7, 11) is 1.74. The molecule has 1 atom stereocenters. The fraction of sp³-hybridized carbons (Fsp3) is 0.500. The highest BCUT2D eigenvalue weighted by Crippen LogP contribution is 2.40. The number of hydrogen-bond donors (Lipinski definition) is 1. The first-order valence-corrected chi connectivity index (χ1v) is 5.22. The Bertz CT molecular complexity index is 320. The quantitative estimate of drug-likeness (QED) is 0.793. The van der Waals surface area contributed by atoms with Gasteiger partial charge in [0.25, 0.3) is 0 Å². The van der Waals surface area contributed by atoms with Crippen LogP contribution in [0.4, 0.5) is 0 Å². The second kappa shape index (κ2) is 4.01. The largest absolute Gasteiger partial charge is 0.496 e. The Balaban J connectivity index is 2.35. The van der Waals surface area contributed by atoms with Crippen LogP contribution in [-0.4, -0.2) is 13.7 Å². The number of rotatable bonds is 3. The predicted molar refractivity (Wildman–Crippen MR) is 57.7 cm³/mol. The molecule has 0 amide bonds. The van der Waals surface area contributed by atoms with Crippen LogP contribution in [0.25, 0.3) is 0 Å². The zero-order chi connectivity index (χ0) is 9.97. The molecule has 0 radical (unpaired) electrons. The Hall–Kier alpha value is -1.02. The van der Waals surface area contributed by atoms with Crippen molar-refractivity contribution >= 4 is 0 Å². The minimum absolute atomic E-state index is 0.617. The molecular weight excluding hydrogens is 174 g/mol. The van der Waals surface area contributed by atoms with E-state index < -0.39 is 0 Å². The Morgan fingerprint density at radius 2 is 2.36 bits per heavy atom. The zero-order valence-electron chi connectivity index (χ0n) is 8.62. The van der Waals surface area contributed by atoms with Crippen LogP contribution in [0.15, 0.2) is 18.2 Å². The van der Waals surface area contributed by atoms with Gasteiger partial charge in [0.15, 0.2) is 0 Å². The zero-order valence-corrected chi connectivity index (χ0v) is 8.62. The topological polar surface area (TPSA) is 35.2 Å². The van der Waals surface area contributed by atoms with Crippen LogP contribution in [0.1, 0.15) is 29.9 Å². The van der Waals surface area contributed by atoms with Crippen molar-refractivity contribution in [1.82, 2.24) is 0 Å². The van der Waals surface area contributed by atoms with Gasteiger partial charge in [0, 0.05) is 5.56 Å². The fourth-order valence-electron chi connectivity index (χ4n) is 2.41. The van der Waals surface area contributed by atoms with Gasteiger partial charge in [-0.05, 0) is 43.4 Å². The van der Waals surface area contributed by atoms with E-state index in [2.05, 4.69) is 12.1 Å². The Labute approximate surface area is 85.1 Å². The van der Waals surface area contributed by atoms with Crippen molar-refractivity contribution in [3.8, 4) is 5.75 Å². The van der Waals surface area contributed by atoms with E-state index in [-0.39, 0.29) is 0 Å². The molecule has 14 heavy (non-hydrogen) atoms. The van der Waals surface area contributed by atoms with Crippen molar-refractivity contribution < 1.29 is 4.74 Å². The standard InChI is InChI=1S/C12H17NO/c1-14-11-4-2-3-9-5-6-10(7-8-13)12(9)11/h2-4,10H,5-8,13H2,1H3. The van der Waals surface area contributed by atoms with Crippen molar-refractivity contribution in [3.63, 3.8) is 0 Å². The smallest absolute Gasteiger partial charge is 0.122 e. The molecule has 2 rings (SSSR count). The fourth-order valence-corrected chi connectivity index (χ4v) is 2.41. The maximum Gasteiger partial charge on any atom is 0.122 e. The van der Waals surface area contributed by atoms with E-state index in [9.17, 15) is 0 Å². The first-order chi connectivity index (χ1) is 6.86. The molecular formula is C12H17NO. The van der Waals surface area contributed by atoms with Crippen molar-refractivity contribution in [2.45, 2.75) is 25.2 Å². The van der Waals surface area contributed by atoms with Gasteiger partial charge in [-0.3, -0.25) is 0 Å². The first-order valence-electron chi connectivity index (χ1n) is 5.22. The molecule has 1 aliphatic carbocycles. The lowest BCUT2D eigenvalue weighted by Crippen LogP contribution is -2.05. The summed E-state index contributed by atoms with van der Waals surface area (Å²) in [5, 5.41) is 0. The van der Waals surface area contributed by atoms with Crippen molar-refractivity contribution in [2.24, 2.45) is 5.73 Å². The highest BCUT2D eigenvalue weighted by Gasteiger charge is 2.24. The number of ether oxygens (including phenoxy) is 1. The maximum atomic E-state index is 5.62. The molecule has 2 heteroatoms. The van der Waals surface area contributed by atoms with E-state index in [1.165, 1.54) is 24.0 Å². The second-order valence-electron chi connectivity index (χ2n) is 3.85. The number of benzene rings is 1. The third kappa shape index (κ3) is 1.50. The SMILES string of the molecule is COc1cccc2c1C(CCN)CC2. The minimum Gasteiger partial charge on any atom is -0.496 e. The molecule has 0 saturated carbocycles. The summed E-state index contributed by atoms with van der Waals surface area (Å²) in [6.07, 6.45) is 3.48.